The van der Waals surface area contributed by atoms with Crippen LogP contribution in [-0.2, 0) is 11.2 Å². The van der Waals surface area contributed by atoms with Gasteiger partial charge in [0, 0.05) is 43.1 Å². The number of rotatable bonds is 6. The monoisotopic (exact) mass is 311 g/mol. The standard InChI is InChI=1S/C18H21N3O2/c1-23-18-4-2-13(3-5-18)14-8-16(10-17(22)9-14)20-7-6-15-11-19-12-21-15/h2-5,10-12,14,20H,6-9H2,1H3,(H,19,21)/t14-/m0/s1. The molecule has 1 heterocycles. The van der Waals surface area contributed by atoms with Crippen molar-refractivity contribution < 1.29 is 9.53 Å². The second-order valence-corrected chi connectivity index (χ2v) is 5.77. The zero-order valence-electron chi connectivity index (χ0n) is 13.2. The summed E-state index contributed by atoms with van der Waals surface area (Å²) in [6.07, 6.45) is 7.53. The van der Waals surface area contributed by atoms with Crippen molar-refractivity contribution in [2.24, 2.45) is 0 Å². The van der Waals surface area contributed by atoms with Crippen molar-refractivity contribution in [1.82, 2.24) is 15.3 Å². The second kappa shape index (κ2) is 7.13. The molecule has 1 atom stereocenters. The third-order valence-corrected chi connectivity index (χ3v) is 4.14. The van der Waals surface area contributed by atoms with Crippen LogP contribution in [0.1, 0.15) is 30.0 Å². The van der Waals surface area contributed by atoms with Crippen molar-refractivity contribution in [2.45, 2.75) is 25.2 Å². The minimum Gasteiger partial charge on any atom is -0.497 e. The lowest BCUT2D eigenvalue weighted by atomic mass is 9.85. The van der Waals surface area contributed by atoms with Gasteiger partial charge in [0.15, 0.2) is 5.78 Å². The number of benzene rings is 1. The first-order chi connectivity index (χ1) is 11.2. The summed E-state index contributed by atoms with van der Waals surface area (Å²) in [6.45, 7) is 0.788. The number of H-pyrrole nitrogens is 1. The predicted molar refractivity (Wildman–Crippen MR) is 88.4 cm³/mol. The Morgan fingerprint density at radius 3 is 2.83 bits per heavy atom. The molecule has 0 radical (unpaired) electrons. The maximum atomic E-state index is 12.0. The molecule has 0 saturated heterocycles. The first-order valence-electron chi connectivity index (χ1n) is 7.83. The van der Waals surface area contributed by atoms with Gasteiger partial charge in [0.1, 0.15) is 5.75 Å². The van der Waals surface area contributed by atoms with E-state index in [0.717, 1.165) is 36.5 Å². The highest BCUT2D eigenvalue weighted by atomic mass is 16.5. The van der Waals surface area contributed by atoms with Gasteiger partial charge >= 0.3 is 0 Å². The Kier molecular flexibility index (Phi) is 4.76. The number of carbonyl (C=O) groups excluding carboxylic acids is 1. The van der Waals surface area contributed by atoms with Crippen LogP contribution in [0.25, 0.3) is 0 Å². The number of allylic oxidation sites excluding steroid dienone is 2. The van der Waals surface area contributed by atoms with Crippen molar-refractivity contribution >= 4 is 5.78 Å². The fourth-order valence-corrected chi connectivity index (χ4v) is 2.91. The van der Waals surface area contributed by atoms with Crippen LogP contribution in [0, 0.1) is 0 Å². The molecule has 120 valence electrons. The molecule has 0 amide bonds. The number of nitrogens with zero attached hydrogens (tertiary/aromatic N) is 1. The van der Waals surface area contributed by atoms with E-state index in [2.05, 4.69) is 15.3 Å². The van der Waals surface area contributed by atoms with E-state index < -0.39 is 0 Å². The van der Waals surface area contributed by atoms with E-state index in [9.17, 15) is 4.79 Å². The van der Waals surface area contributed by atoms with Crippen molar-refractivity contribution in [1.29, 1.82) is 0 Å². The highest BCUT2D eigenvalue weighted by Gasteiger charge is 2.22. The predicted octanol–water partition coefficient (Wildman–Crippen LogP) is 2.58. The van der Waals surface area contributed by atoms with Crippen LogP contribution in [0.4, 0.5) is 0 Å². The second-order valence-electron chi connectivity index (χ2n) is 5.77. The van der Waals surface area contributed by atoms with Crippen LogP contribution in [0.5, 0.6) is 5.75 Å². The Morgan fingerprint density at radius 2 is 2.13 bits per heavy atom. The van der Waals surface area contributed by atoms with Crippen LogP contribution in [0.2, 0.25) is 0 Å². The first-order valence-corrected chi connectivity index (χ1v) is 7.83. The summed E-state index contributed by atoms with van der Waals surface area (Å²) in [6, 6.07) is 7.99. The largest absolute Gasteiger partial charge is 0.497 e. The average Bonchev–Trinajstić information content (AvgIpc) is 3.08. The fourth-order valence-electron chi connectivity index (χ4n) is 2.91. The lowest BCUT2D eigenvalue weighted by Crippen LogP contribution is -2.23. The SMILES string of the molecule is COc1ccc([C@@H]2CC(=O)C=C(NCCc3cnc[nH]3)C2)cc1. The van der Waals surface area contributed by atoms with Gasteiger partial charge in [-0.05, 0) is 30.0 Å². The number of imidazole rings is 1. The summed E-state index contributed by atoms with van der Waals surface area (Å²) in [7, 11) is 1.66. The smallest absolute Gasteiger partial charge is 0.158 e. The van der Waals surface area contributed by atoms with Gasteiger partial charge in [-0.15, -0.1) is 0 Å². The number of methoxy groups -OCH3 is 1. The molecule has 5 heteroatoms. The number of hydrogen-bond donors (Lipinski definition) is 2. The Bertz CT molecular complexity index is 675. The summed E-state index contributed by atoms with van der Waals surface area (Å²) in [5.41, 5.74) is 3.29. The summed E-state index contributed by atoms with van der Waals surface area (Å²) in [5.74, 6) is 1.25. The summed E-state index contributed by atoms with van der Waals surface area (Å²) < 4.78 is 5.19. The third-order valence-electron chi connectivity index (χ3n) is 4.14. The number of aromatic nitrogens is 2. The summed E-state index contributed by atoms with van der Waals surface area (Å²) in [4.78, 5) is 19.1. The van der Waals surface area contributed by atoms with Gasteiger partial charge in [-0.1, -0.05) is 12.1 Å². The highest BCUT2D eigenvalue weighted by molar-refractivity contribution is 5.91. The summed E-state index contributed by atoms with van der Waals surface area (Å²) >= 11 is 0. The molecule has 0 unspecified atom stereocenters. The molecule has 1 aliphatic carbocycles. The molecular weight excluding hydrogens is 290 g/mol. The van der Waals surface area contributed by atoms with Gasteiger partial charge in [-0.3, -0.25) is 4.79 Å². The molecule has 2 aromatic rings. The Labute approximate surface area is 135 Å². The van der Waals surface area contributed by atoms with Gasteiger partial charge in [0.05, 0.1) is 13.4 Å². The fraction of sp³-hybridized carbons (Fsp3) is 0.333. The van der Waals surface area contributed by atoms with E-state index in [-0.39, 0.29) is 11.7 Å². The minimum absolute atomic E-state index is 0.182. The van der Waals surface area contributed by atoms with E-state index in [1.54, 1.807) is 19.5 Å². The van der Waals surface area contributed by atoms with E-state index in [0.29, 0.717) is 6.42 Å². The molecule has 1 aliphatic rings. The number of aromatic amines is 1. The van der Waals surface area contributed by atoms with E-state index >= 15 is 0 Å². The molecule has 1 aromatic carbocycles. The van der Waals surface area contributed by atoms with Crippen molar-refractivity contribution in [3.05, 3.63) is 59.8 Å². The average molecular weight is 311 g/mol. The van der Waals surface area contributed by atoms with Crippen LogP contribution in [-0.4, -0.2) is 29.4 Å². The number of carbonyl (C=O) groups is 1. The Hall–Kier alpha value is -2.56. The maximum Gasteiger partial charge on any atom is 0.158 e. The number of nitrogens with one attached hydrogen (secondary N) is 2. The lowest BCUT2D eigenvalue weighted by Gasteiger charge is -2.23. The Morgan fingerprint density at radius 1 is 1.30 bits per heavy atom. The zero-order valence-corrected chi connectivity index (χ0v) is 13.2. The lowest BCUT2D eigenvalue weighted by molar-refractivity contribution is -0.115. The number of hydrogen-bond acceptors (Lipinski definition) is 4. The van der Waals surface area contributed by atoms with Gasteiger partial charge in [0.2, 0.25) is 0 Å². The first kappa shape index (κ1) is 15.3. The molecule has 1 aromatic heterocycles. The zero-order chi connectivity index (χ0) is 16.1. The van der Waals surface area contributed by atoms with Gasteiger partial charge in [-0.2, -0.15) is 0 Å². The van der Waals surface area contributed by atoms with Crippen molar-refractivity contribution in [2.75, 3.05) is 13.7 Å². The quantitative estimate of drug-likeness (QED) is 0.860. The normalized spacial score (nSPS) is 17.7. The molecule has 3 rings (SSSR count). The molecule has 2 N–H and O–H groups in total. The molecule has 0 bridgehead atoms. The number of ether oxygens (including phenoxy) is 1. The van der Waals surface area contributed by atoms with Crippen LogP contribution >= 0.6 is 0 Å². The van der Waals surface area contributed by atoms with Crippen LogP contribution in [0.15, 0.2) is 48.6 Å². The maximum absolute atomic E-state index is 12.0. The van der Waals surface area contributed by atoms with E-state index in [1.807, 2.05) is 30.5 Å². The van der Waals surface area contributed by atoms with Gasteiger partial charge < -0.3 is 15.0 Å². The molecule has 23 heavy (non-hydrogen) atoms. The van der Waals surface area contributed by atoms with Crippen LogP contribution < -0.4 is 10.1 Å². The summed E-state index contributed by atoms with van der Waals surface area (Å²) in [5, 5.41) is 3.38. The molecular formula is C18H21N3O2. The molecule has 0 aliphatic heterocycles. The molecule has 0 fully saturated rings. The molecule has 0 spiro atoms. The van der Waals surface area contributed by atoms with Crippen LogP contribution in [0.3, 0.4) is 0 Å². The minimum atomic E-state index is 0.182. The molecule has 5 nitrogen and oxygen atoms in total. The number of ketones is 1. The van der Waals surface area contributed by atoms with Crippen molar-refractivity contribution in [3.63, 3.8) is 0 Å². The van der Waals surface area contributed by atoms with Gasteiger partial charge in [0.25, 0.3) is 0 Å². The van der Waals surface area contributed by atoms with E-state index in [1.165, 1.54) is 5.56 Å². The molecule has 0 saturated carbocycles. The van der Waals surface area contributed by atoms with E-state index in [4.69, 9.17) is 4.74 Å². The topological polar surface area (TPSA) is 67.0 Å². The third kappa shape index (κ3) is 4.00. The van der Waals surface area contributed by atoms with Crippen molar-refractivity contribution in [3.8, 4) is 5.75 Å². The van der Waals surface area contributed by atoms with Gasteiger partial charge in [-0.25, -0.2) is 4.98 Å². The Balaban J connectivity index is 1.59. The highest BCUT2D eigenvalue weighted by Crippen LogP contribution is 2.31.